The lowest BCUT2D eigenvalue weighted by Crippen LogP contribution is -2.36. The fraction of sp³-hybridized carbons (Fsp3) is 0.118. The van der Waals surface area contributed by atoms with Crippen LogP contribution in [-0.4, -0.2) is 27.6 Å². The molecule has 0 saturated carbocycles. The Bertz CT molecular complexity index is 975. The van der Waals surface area contributed by atoms with Crippen LogP contribution in [0, 0.1) is 0 Å². The Morgan fingerprint density at radius 1 is 1.32 bits per heavy atom. The number of hydrogen-bond acceptors (Lipinski definition) is 5. The molecule has 0 bridgehead atoms. The van der Waals surface area contributed by atoms with E-state index in [1.54, 1.807) is 6.08 Å². The number of thiocarbonyl (C=S) groups is 1. The summed E-state index contributed by atoms with van der Waals surface area (Å²) in [7, 11) is 0. The van der Waals surface area contributed by atoms with Gasteiger partial charge in [-0.3, -0.25) is 14.5 Å². The summed E-state index contributed by atoms with van der Waals surface area (Å²) >= 11 is 13.2. The van der Waals surface area contributed by atoms with E-state index in [9.17, 15) is 22.8 Å². The lowest BCUT2D eigenvalue weighted by molar-refractivity contribution is -0.137. The molecule has 1 fully saturated rings. The van der Waals surface area contributed by atoms with E-state index in [1.165, 1.54) is 17.4 Å². The molecule has 2 heterocycles. The maximum absolute atomic E-state index is 12.9. The molecular weight excluding hydrogens is 453 g/mol. The van der Waals surface area contributed by atoms with E-state index < -0.39 is 35.1 Å². The highest BCUT2D eigenvalue weighted by molar-refractivity contribution is 8.26. The van der Waals surface area contributed by atoms with Crippen LogP contribution < -0.4 is 5.32 Å². The largest absolute Gasteiger partial charge is 0.417 e. The first kappa shape index (κ1) is 20.8. The van der Waals surface area contributed by atoms with Gasteiger partial charge in [0.05, 0.1) is 15.5 Å². The monoisotopic (exact) mass is 462 g/mol. The van der Waals surface area contributed by atoms with Gasteiger partial charge in [-0.05, 0) is 35.7 Å². The third-order valence-corrected chi connectivity index (χ3v) is 6.07. The van der Waals surface area contributed by atoms with Gasteiger partial charge in [0.1, 0.15) is 10.9 Å². The Morgan fingerprint density at radius 2 is 2.07 bits per heavy atom. The van der Waals surface area contributed by atoms with Crippen molar-refractivity contribution in [3.05, 3.63) is 56.1 Å². The molecule has 0 unspecified atom stereocenters. The molecule has 146 valence electrons. The van der Waals surface area contributed by atoms with Gasteiger partial charge in [0, 0.05) is 10.6 Å². The number of carbonyl (C=O) groups excluding carboxylic acids is 2. The molecule has 0 radical (unpaired) electrons. The Labute approximate surface area is 176 Å². The predicted octanol–water partition coefficient (Wildman–Crippen LogP) is 5.26. The lowest BCUT2D eigenvalue weighted by atomic mass is 10.2. The second-order valence-electron chi connectivity index (χ2n) is 5.52. The molecule has 3 rings (SSSR count). The molecule has 1 aliphatic rings. The number of rotatable bonds is 4. The molecule has 0 atom stereocenters. The fourth-order valence-electron chi connectivity index (χ4n) is 2.30. The topological polar surface area (TPSA) is 49.4 Å². The van der Waals surface area contributed by atoms with Gasteiger partial charge in [0.25, 0.3) is 5.91 Å². The predicted molar refractivity (Wildman–Crippen MR) is 109 cm³/mol. The van der Waals surface area contributed by atoms with Crippen molar-refractivity contribution in [1.82, 2.24) is 4.90 Å². The quantitative estimate of drug-likeness (QED) is 0.497. The highest BCUT2D eigenvalue weighted by atomic mass is 35.5. The third kappa shape index (κ3) is 4.75. The van der Waals surface area contributed by atoms with Gasteiger partial charge in [-0.2, -0.15) is 13.2 Å². The zero-order valence-electron chi connectivity index (χ0n) is 13.7. The zero-order chi connectivity index (χ0) is 20.5. The van der Waals surface area contributed by atoms with E-state index >= 15 is 0 Å². The van der Waals surface area contributed by atoms with Crippen LogP contribution >= 0.6 is 46.9 Å². The van der Waals surface area contributed by atoms with Crippen molar-refractivity contribution in [2.45, 2.75) is 6.18 Å². The molecule has 11 heteroatoms. The van der Waals surface area contributed by atoms with E-state index in [0.29, 0.717) is 4.91 Å². The normalized spacial score (nSPS) is 16.1. The second-order valence-corrected chi connectivity index (χ2v) is 8.59. The first-order valence-electron chi connectivity index (χ1n) is 7.60. The summed E-state index contributed by atoms with van der Waals surface area (Å²) in [6.07, 6.45) is -2.97. The van der Waals surface area contributed by atoms with Gasteiger partial charge in [-0.15, -0.1) is 11.3 Å². The maximum atomic E-state index is 12.9. The number of anilines is 1. The van der Waals surface area contributed by atoms with Crippen molar-refractivity contribution >= 4 is 74.8 Å². The van der Waals surface area contributed by atoms with Crippen molar-refractivity contribution < 1.29 is 22.8 Å². The minimum Gasteiger partial charge on any atom is -0.325 e. The fourth-order valence-corrected chi connectivity index (χ4v) is 4.51. The third-order valence-electron chi connectivity index (χ3n) is 3.55. The van der Waals surface area contributed by atoms with Gasteiger partial charge in [-0.1, -0.05) is 41.6 Å². The molecule has 28 heavy (non-hydrogen) atoms. The molecule has 2 aromatic rings. The molecule has 4 nitrogen and oxygen atoms in total. The summed E-state index contributed by atoms with van der Waals surface area (Å²) in [5.74, 6) is -1.10. The smallest absolute Gasteiger partial charge is 0.325 e. The Kier molecular flexibility index (Phi) is 6.13. The summed E-state index contributed by atoms with van der Waals surface area (Å²) in [6.45, 7) is -0.406. The molecule has 1 aromatic heterocycles. The van der Waals surface area contributed by atoms with E-state index in [-0.39, 0.29) is 10.0 Å². The number of halogens is 4. The summed E-state index contributed by atoms with van der Waals surface area (Å²) < 4.78 is 39.0. The van der Waals surface area contributed by atoms with Crippen LogP contribution in [0.5, 0.6) is 0 Å². The Hall–Kier alpha value is -1.88. The summed E-state index contributed by atoms with van der Waals surface area (Å²) in [5.41, 5.74) is -1.14. The van der Waals surface area contributed by atoms with Crippen molar-refractivity contribution in [2.24, 2.45) is 0 Å². The average Bonchev–Trinajstić information content (AvgIpc) is 3.20. The number of carbonyl (C=O) groups is 2. The number of thiophene rings is 1. The minimum absolute atomic E-state index is 0.0821. The first-order valence-corrected chi connectivity index (χ1v) is 10.1. The first-order chi connectivity index (χ1) is 13.1. The van der Waals surface area contributed by atoms with Gasteiger partial charge >= 0.3 is 6.18 Å². The molecule has 1 saturated heterocycles. The highest BCUT2D eigenvalue weighted by Crippen LogP contribution is 2.36. The van der Waals surface area contributed by atoms with Crippen LogP contribution in [-0.2, 0) is 15.8 Å². The average molecular weight is 463 g/mol. The van der Waals surface area contributed by atoms with Gasteiger partial charge in [-0.25, -0.2) is 0 Å². The summed E-state index contributed by atoms with van der Waals surface area (Å²) in [4.78, 5) is 27.0. The summed E-state index contributed by atoms with van der Waals surface area (Å²) in [5, 5.41) is 3.72. The van der Waals surface area contributed by atoms with Crippen molar-refractivity contribution in [3.63, 3.8) is 0 Å². The number of alkyl halides is 3. The molecule has 1 aromatic carbocycles. The molecule has 2 amide bonds. The minimum atomic E-state index is -4.65. The SMILES string of the molecule is O=C(CN1C(=O)/C(=C/c2cccs2)SC1=S)Nc1ccc(Cl)c(C(F)(F)F)c1. The molecular formula is C17H10ClF3N2O2S3. The van der Waals surface area contributed by atoms with Crippen molar-refractivity contribution in [3.8, 4) is 0 Å². The molecule has 1 N–H and O–H groups in total. The molecule has 0 aliphatic carbocycles. The van der Waals surface area contributed by atoms with Crippen LogP contribution in [0.2, 0.25) is 5.02 Å². The number of amides is 2. The molecule has 0 spiro atoms. The maximum Gasteiger partial charge on any atom is 0.417 e. The number of nitrogens with one attached hydrogen (secondary N) is 1. The van der Waals surface area contributed by atoms with Crippen molar-refractivity contribution in [1.29, 1.82) is 0 Å². The highest BCUT2D eigenvalue weighted by Gasteiger charge is 2.35. The van der Waals surface area contributed by atoms with Gasteiger partial charge < -0.3 is 5.32 Å². The van der Waals surface area contributed by atoms with Crippen LogP contribution in [0.1, 0.15) is 10.4 Å². The van der Waals surface area contributed by atoms with Gasteiger partial charge in [0.2, 0.25) is 5.91 Å². The van der Waals surface area contributed by atoms with E-state index in [0.717, 1.165) is 33.7 Å². The van der Waals surface area contributed by atoms with E-state index in [4.69, 9.17) is 23.8 Å². The van der Waals surface area contributed by atoms with Crippen LogP contribution in [0.15, 0.2) is 40.6 Å². The molecule has 1 aliphatic heterocycles. The van der Waals surface area contributed by atoms with Crippen molar-refractivity contribution in [2.75, 3.05) is 11.9 Å². The summed E-state index contributed by atoms with van der Waals surface area (Å²) in [6, 6.07) is 6.70. The standard InChI is InChI=1S/C17H10ClF3N2O2S3/c18-12-4-3-9(6-11(12)17(19,20)21)22-14(24)8-23-15(25)13(28-16(23)26)7-10-2-1-5-27-10/h1-7H,8H2,(H,22,24)/b13-7-. The number of benzene rings is 1. The number of hydrogen-bond donors (Lipinski definition) is 1. The Balaban J connectivity index is 1.70. The van der Waals surface area contributed by atoms with E-state index in [2.05, 4.69) is 5.32 Å². The Morgan fingerprint density at radius 3 is 2.71 bits per heavy atom. The zero-order valence-corrected chi connectivity index (χ0v) is 17.0. The van der Waals surface area contributed by atoms with Crippen LogP contribution in [0.4, 0.5) is 18.9 Å². The number of nitrogens with zero attached hydrogens (tertiary/aromatic N) is 1. The number of thioether (sulfide) groups is 1. The van der Waals surface area contributed by atoms with E-state index in [1.807, 2.05) is 17.5 Å². The van der Waals surface area contributed by atoms with Crippen LogP contribution in [0.25, 0.3) is 6.08 Å². The second kappa shape index (κ2) is 8.24. The van der Waals surface area contributed by atoms with Gasteiger partial charge in [0.15, 0.2) is 0 Å². The van der Waals surface area contributed by atoms with Crippen LogP contribution in [0.3, 0.4) is 0 Å². The lowest BCUT2D eigenvalue weighted by Gasteiger charge is -2.15.